The maximum Gasteiger partial charge on any atom is 0.410 e. The summed E-state index contributed by atoms with van der Waals surface area (Å²) in [6, 6.07) is 27.3. The van der Waals surface area contributed by atoms with E-state index in [1.54, 1.807) is 6.07 Å². The number of carbonyl (C=O) groups is 1. The summed E-state index contributed by atoms with van der Waals surface area (Å²) in [5.41, 5.74) is 4.80. The SMILES string of the molecule is CC(C)(C)OC(=O)N1CCC2(c3cccc(NS(C)(=O)=O)c3)CCCC1C2.CS(=O)(=O)Nc1cccc(C23CCCC(C2)N(Cc2ccccc2)CC3)c1. The number of fused-ring (bicyclic) bond motifs is 4. The Hall–Kier alpha value is -3.61. The maximum atomic E-state index is 12.6. The highest BCUT2D eigenvalue weighted by Gasteiger charge is 2.46. The molecule has 7 rings (SSSR count). The topological polar surface area (TPSA) is 125 Å². The molecule has 2 heterocycles. The molecule has 4 bridgehead atoms. The van der Waals surface area contributed by atoms with E-state index in [2.05, 4.69) is 62.9 Å². The summed E-state index contributed by atoms with van der Waals surface area (Å²) in [6.45, 7) is 8.46. The maximum absolute atomic E-state index is 12.6. The van der Waals surface area contributed by atoms with Crippen molar-refractivity contribution in [3.05, 3.63) is 95.6 Å². The predicted molar refractivity (Wildman–Crippen MR) is 217 cm³/mol. The van der Waals surface area contributed by atoms with Crippen LogP contribution >= 0.6 is 0 Å². The number of likely N-dealkylation sites (tertiary alicyclic amines) is 2. The van der Waals surface area contributed by atoms with Crippen LogP contribution in [-0.4, -0.2) is 76.0 Å². The lowest BCUT2D eigenvalue weighted by Crippen LogP contribution is -2.54. The lowest BCUT2D eigenvalue weighted by atomic mass is 9.63. The van der Waals surface area contributed by atoms with Crippen molar-refractivity contribution in [2.45, 2.75) is 120 Å². The van der Waals surface area contributed by atoms with E-state index in [0.29, 0.717) is 24.0 Å². The number of anilines is 2. The molecule has 0 aromatic heterocycles. The van der Waals surface area contributed by atoms with E-state index in [1.807, 2.05) is 49.9 Å². The molecule has 0 radical (unpaired) electrons. The van der Waals surface area contributed by atoms with Crippen molar-refractivity contribution in [1.29, 1.82) is 0 Å². The van der Waals surface area contributed by atoms with Crippen LogP contribution in [-0.2, 0) is 42.2 Å². The van der Waals surface area contributed by atoms with Crippen molar-refractivity contribution in [2.24, 2.45) is 0 Å². The van der Waals surface area contributed by atoms with Gasteiger partial charge in [0, 0.05) is 36.5 Å². The molecular weight excluding hydrogens is 721 g/mol. The Balaban J connectivity index is 0.000000184. The third-order valence-corrected chi connectivity index (χ3v) is 12.9. The van der Waals surface area contributed by atoms with Gasteiger partial charge in [-0.1, -0.05) is 67.4 Å². The van der Waals surface area contributed by atoms with Crippen LogP contribution in [0.5, 0.6) is 0 Å². The Bertz CT molecular complexity index is 2000. The number of hydrogen-bond donors (Lipinski definition) is 2. The highest BCUT2D eigenvalue weighted by molar-refractivity contribution is 7.92. The Kier molecular flexibility index (Phi) is 11.8. The number of sulfonamides is 2. The van der Waals surface area contributed by atoms with Gasteiger partial charge in [0.15, 0.2) is 0 Å². The van der Waals surface area contributed by atoms with Gasteiger partial charge in [0.1, 0.15) is 5.60 Å². The highest BCUT2D eigenvalue weighted by atomic mass is 32.2. The van der Waals surface area contributed by atoms with Crippen molar-refractivity contribution in [3.63, 3.8) is 0 Å². The molecule has 2 saturated carbocycles. The summed E-state index contributed by atoms with van der Waals surface area (Å²) in [5, 5.41) is 0. The third kappa shape index (κ3) is 10.2. The zero-order valence-electron chi connectivity index (χ0n) is 32.5. The summed E-state index contributed by atoms with van der Waals surface area (Å²) < 4.78 is 57.1. The van der Waals surface area contributed by atoms with Crippen molar-refractivity contribution in [3.8, 4) is 0 Å². The first-order valence-corrected chi connectivity index (χ1v) is 23.1. The molecule has 3 aromatic carbocycles. The Labute approximate surface area is 323 Å². The van der Waals surface area contributed by atoms with E-state index in [1.165, 1.54) is 43.1 Å². The van der Waals surface area contributed by atoms with Crippen molar-refractivity contribution in [1.82, 2.24) is 9.80 Å². The summed E-state index contributed by atoms with van der Waals surface area (Å²) in [7, 11) is -6.55. The van der Waals surface area contributed by atoms with Crippen LogP contribution in [0.15, 0.2) is 78.9 Å². The fourth-order valence-electron chi connectivity index (χ4n) is 9.40. The van der Waals surface area contributed by atoms with Gasteiger partial charge in [-0.25, -0.2) is 21.6 Å². The monoisotopic (exact) mass is 778 g/mol. The van der Waals surface area contributed by atoms with Crippen molar-refractivity contribution in [2.75, 3.05) is 35.0 Å². The number of piperidine rings is 2. The van der Waals surface area contributed by atoms with Gasteiger partial charge >= 0.3 is 6.09 Å². The van der Waals surface area contributed by atoms with Crippen LogP contribution in [0.25, 0.3) is 0 Å². The number of rotatable bonds is 8. The Morgan fingerprint density at radius 3 is 1.78 bits per heavy atom. The van der Waals surface area contributed by atoms with Crippen LogP contribution < -0.4 is 9.44 Å². The van der Waals surface area contributed by atoms with Gasteiger partial charge in [0.05, 0.1) is 12.5 Å². The Morgan fingerprint density at radius 2 is 1.24 bits per heavy atom. The number of carbonyl (C=O) groups excluding carboxylic acids is 1. The summed E-state index contributed by atoms with van der Waals surface area (Å²) in [6.07, 6.45) is 13.0. The fourth-order valence-corrected chi connectivity index (χ4v) is 10.5. The molecule has 2 N–H and O–H groups in total. The van der Waals surface area contributed by atoms with Gasteiger partial charge in [-0.3, -0.25) is 14.3 Å². The zero-order chi connectivity index (χ0) is 38.8. The zero-order valence-corrected chi connectivity index (χ0v) is 34.1. The minimum absolute atomic E-state index is 0.00335. The van der Waals surface area contributed by atoms with Gasteiger partial charge in [0.25, 0.3) is 0 Å². The second kappa shape index (κ2) is 15.9. The van der Waals surface area contributed by atoms with E-state index in [9.17, 15) is 21.6 Å². The molecule has 12 heteroatoms. The molecule has 2 aliphatic carbocycles. The van der Waals surface area contributed by atoms with Gasteiger partial charge in [-0.15, -0.1) is 0 Å². The van der Waals surface area contributed by atoms with E-state index in [-0.39, 0.29) is 23.0 Å². The molecule has 4 fully saturated rings. The van der Waals surface area contributed by atoms with Crippen molar-refractivity contribution >= 4 is 37.5 Å². The average molecular weight is 779 g/mol. The normalized spacial score (nSPS) is 25.8. The van der Waals surface area contributed by atoms with Crippen molar-refractivity contribution < 1.29 is 26.4 Å². The lowest BCUT2D eigenvalue weighted by Gasteiger charge is -2.51. The minimum Gasteiger partial charge on any atom is -0.444 e. The molecule has 294 valence electrons. The number of benzene rings is 3. The molecule has 4 unspecified atom stereocenters. The van der Waals surface area contributed by atoms with Gasteiger partial charge in [-0.05, 0) is 130 Å². The summed E-state index contributed by atoms with van der Waals surface area (Å²) >= 11 is 0. The van der Waals surface area contributed by atoms with Gasteiger partial charge in [0.2, 0.25) is 20.0 Å². The molecule has 4 aliphatic rings. The minimum atomic E-state index is -3.30. The number of nitrogens with zero attached hydrogens (tertiary/aromatic N) is 2. The number of ether oxygens (including phenoxy) is 1. The van der Waals surface area contributed by atoms with Gasteiger partial charge in [-0.2, -0.15) is 0 Å². The highest BCUT2D eigenvalue weighted by Crippen LogP contribution is 2.49. The van der Waals surface area contributed by atoms with Crippen LogP contribution in [0.1, 0.15) is 102 Å². The standard InChI is InChI=1S/C22H28N2O2S.C20H30N2O4S/c1-27(25,26)23-20-10-5-9-19(15-20)22-12-6-11-21(16-22)24(14-13-22)17-18-7-3-2-4-8-18;1-19(2,3)26-18(23)22-12-11-20(10-6-9-17(22)14-20)15-7-5-8-16(13-15)21-27(4,24)25/h2-5,7-10,15,21,23H,6,11-14,16-17H2,1H3;5,7-8,13,17,21H,6,9-12,14H2,1-4H3. The quantitative estimate of drug-likeness (QED) is 0.237. The largest absolute Gasteiger partial charge is 0.444 e. The molecule has 2 aliphatic heterocycles. The van der Waals surface area contributed by atoms with Crippen LogP contribution in [0.3, 0.4) is 0 Å². The summed E-state index contributed by atoms with van der Waals surface area (Å²) in [5.74, 6) is 0. The van der Waals surface area contributed by atoms with Gasteiger partial charge < -0.3 is 9.64 Å². The molecule has 1 amide bonds. The first-order chi connectivity index (χ1) is 25.4. The molecule has 0 spiro atoms. The lowest BCUT2D eigenvalue weighted by molar-refractivity contribution is -0.00869. The molecule has 54 heavy (non-hydrogen) atoms. The third-order valence-electron chi connectivity index (χ3n) is 11.7. The summed E-state index contributed by atoms with van der Waals surface area (Å²) in [4.78, 5) is 17.1. The predicted octanol–water partition coefficient (Wildman–Crippen LogP) is 8.02. The molecular formula is C42H58N4O6S2. The Morgan fingerprint density at radius 1 is 0.722 bits per heavy atom. The fraction of sp³-hybridized carbons (Fsp3) is 0.548. The molecule has 3 aromatic rings. The van der Waals surface area contributed by atoms with E-state index >= 15 is 0 Å². The van der Waals surface area contributed by atoms with E-state index in [0.717, 1.165) is 63.4 Å². The molecule has 10 nitrogen and oxygen atoms in total. The van der Waals surface area contributed by atoms with Crippen LogP contribution in [0.2, 0.25) is 0 Å². The number of hydrogen-bond acceptors (Lipinski definition) is 7. The molecule has 4 atom stereocenters. The van der Waals surface area contributed by atoms with E-state index < -0.39 is 25.6 Å². The first-order valence-electron chi connectivity index (χ1n) is 19.4. The second-order valence-corrected chi connectivity index (χ2v) is 20.6. The first kappa shape index (κ1) is 40.1. The smallest absolute Gasteiger partial charge is 0.410 e. The van der Waals surface area contributed by atoms with E-state index in [4.69, 9.17) is 4.74 Å². The van der Waals surface area contributed by atoms with Crippen LogP contribution in [0.4, 0.5) is 16.2 Å². The average Bonchev–Trinajstić information content (AvgIpc) is 3.09. The van der Waals surface area contributed by atoms with Crippen LogP contribution in [0, 0.1) is 0 Å². The second-order valence-electron chi connectivity index (χ2n) is 17.1. The molecule has 2 saturated heterocycles. The number of nitrogens with one attached hydrogen (secondary N) is 2. The number of amides is 1.